The summed E-state index contributed by atoms with van der Waals surface area (Å²) in [6.45, 7) is 13.7. The predicted octanol–water partition coefficient (Wildman–Crippen LogP) is 3.98. The lowest BCUT2D eigenvalue weighted by Gasteiger charge is -2.22. The Kier molecular flexibility index (Phi) is 9.18. The first-order valence-corrected chi connectivity index (χ1v) is 12.9. The fraction of sp³-hybridized carbons (Fsp3) is 0.385. The predicted molar refractivity (Wildman–Crippen MR) is 137 cm³/mol. The van der Waals surface area contributed by atoms with Crippen molar-refractivity contribution in [3.05, 3.63) is 77.9 Å². The summed E-state index contributed by atoms with van der Waals surface area (Å²) >= 11 is 0. The summed E-state index contributed by atoms with van der Waals surface area (Å²) in [5.41, 5.74) is 2.69. The van der Waals surface area contributed by atoms with Gasteiger partial charge in [0, 0.05) is 17.8 Å². The highest BCUT2D eigenvalue weighted by molar-refractivity contribution is 7.88. The van der Waals surface area contributed by atoms with E-state index in [1.54, 1.807) is 36.4 Å². The molecule has 184 valence electrons. The Hall–Kier alpha value is -2.97. The molecule has 8 heteroatoms. The molecule has 0 spiro atoms. The van der Waals surface area contributed by atoms with Gasteiger partial charge in [-0.2, -0.15) is 0 Å². The molecule has 0 heterocycles. The largest absolute Gasteiger partial charge is 0.340 e. The van der Waals surface area contributed by atoms with Crippen LogP contribution in [0.3, 0.4) is 0 Å². The van der Waals surface area contributed by atoms with E-state index in [1.807, 2.05) is 26.0 Å². The van der Waals surface area contributed by atoms with Crippen LogP contribution in [0.25, 0.3) is 0 Å². The number of nitrogens with one attached hydrogen (secondary N) is 3. The van der Waals surface area contributed by atoms with Crippen LogP contribution in [0.5, 0.6) is 0 Å². The maximum atomic E-state index is 12.9. The maximum Gasteiger partial charge on any atom is 0.251 e. The van der Waals surface area contributed by atoms with Gasteiger partial charge >= 0.3 is 0 Å². The number of amides is 2. The molecule has 1 unspecified atom stereocenters. The third kappa shape index (κ3) is 8.11. The SMILES string of the molecule is C=CCNS(=O)(=O)Cc1ccc(NC(=O)C(NC(=O)c2ccc(C(C)(C)C)cc2)C(C)C)cc1. The summed E-state index contributed by atoms with van der Waals surface area (Å²) in [4.78, 5) is 25.7. The highest BCUT2D eigenvalue weighted by atomic mass is 32.2. The molecule has 0 aliphatic rings. The van der Waals surface area contributed by atoms with Gasteiger partial charge in [-0.3, -0.25) is 9.59 Å². The second kappa shape index (κ2) is 11.4. The first-order valence-electron chi connectivity index (χ1n) is 11.2. The summed E-state index contributed by atoms with van der Waals surface area (Å²) in [6.07, 6.45) is 1.47. The van der Waals surface area contributed by atoms with Crippen LogP contribution >= 0.6 is 0 Å². The number of benzene rings is 2. The third-order valence-electron chi connectivity index (χ3n) is 5.27. The molecule has 0 bridgehead atoms. The Labute approximate surface area is 203 Å². The van der Waals surface area contributed by atoms with E-state index in [-0.39, 0.29) is 35.4 Å². The fourth-order valence-corrected chi connectivity index (χ4v) is 4.35. The Bertz CT molecular complexity index is 1100. The molecule has 2 aromatic carbocycles. The lowest BCUT2D eigenvalue weighted by Crippen LogP contribution is -2.47. The Morgan fingerprint density at radius 1 is 1.00 bits per heavy atom. The van der Waals surface area contributed by atoms with Crippen molar-refractivity contribution in [1.29, 1.82) is 0 Å². The van der Waals surface area contributed by atoms with Crippen LogP contribution in [0.1, 0.15) is 56.1 Å². The van der Waals surface area contributed by atoms with Gasteiger partial charge in [-0.1, -0.05) is 65.0 Å². The molecule has 3 N–H and O–H groups in total. The maximum absolute atomic E-state index is 12.9. The molecule has 7 nitrogen and oxygen atoms in total. The van der Waals surface area contributed by atoms with Gasteiger partial charge in [0.2, 0.25) is 15.9 Å². The number of sulfonamides is 1. The minimum atomic E-state index is -3.46. The molecule has 0 fully saturated rings. The zero-order chi connectivity index (χ0) is 25.5. The van der Waals surface area contributed by atoms with E-state index in [2.05, 4.69) is 42.7 Å². The van der Waals surface area contributed by atoms with E-state index in [4.69, 9.17) is 0 Å². The highest BCUT2D eigenvalue weighted by Crippen LogP contribution is 2.22. The quantitative estimate of drug-likeness (QED) is 0.443. The molecule has 0 aliphatic carbocycles. The second-order valence-corrected chi connectivity index (χ2v) is 11.4. The van der Waals surface area contributed by atoms with Crippen molar-refractivity contribution < 1.29 is 18.0 Å². The second-order valence-electron chi connectivity index (χ2n) is 9.60. The van der Waals surface area contributed by atoms with Gasteiger partial charge in [-0.25, -0.2) is 13.1 Å². The van der Waals surface area contributed by atoms with Gasteiger partial charge in [-0.05, 0) is 46.7 Å². The van der Waals surface area contributed by atoms with Crippen LogP contribution in [0.2, 0.25) is 0 Å². The molecule has 2 rings (SSSR count). The van der Waals surface area contributed by atoms with Crippen LogP contribution in [-0.4, -0.2) is 32.8 Å². The average molecular weight is 486 g/mol. The Morgan fingerprint density at radius 3 is 2.09 bits per heavy atom. The minimum Gasteiger partial charge on any atom is -0.340 e. The van der Waals surface area contributed by atoms with Crippen LogP contribution in [0.15, 0.2) is 61.2 Å². The molecular formula is C26H35N3O4S. The summed E-state index contributed by atoms with van der Waals surface area (Å²) < 4.78 is 26.4. The molecule has 0 aliphatic heterocycles. The topological polar surface area (TPSA) is 104 Å². The Balaban J connectivity index is 2.04. The molecule has 0 aromatic heterocycles. The molecule has 0 saturated carbocycles. The van der Waals surface area contributed by atoms with Crippen molar-refractivity contribution in [3.63, 3.8) is 0 Å². The van der Waals surface area contributed by atoms with Gasteiger partial charge in [0.1, 0.15) is 6.04 Å². The number of anilines is 1. The van der Waals surface area contributed by atoms with E-state index >= 15 is 0 Å². The number of carbonyl (C=O) groups is 2. The van der Waals surface area contributed by atoms with Crippen molar-refractivity contribution in [2.24, 2.45) is 5.92 Å². The lowest BCUT2D eigenvalue weighted by atomic mass is 9.86. The normalized spacial score (nSPS) is 12.8. The zero-order valence-corrected chi connectivity index (χ0v) is 21.3. The van der Waals surface area contributed by atoms with E-state index in [0.29, 0.717) is 16.8 Å². The van der Waals surface area contributed by atoms with Crippen molar-refractivity contribution >= 4 is 27.5 Å². The summed E-state index contributed by atoms with van der Waals surface area (Å²) in [6, 6.07) is 13.2. The van der Waals surface area contributed by atoms with Crippen molar-refractivity contribution in [2.45, 2.75) is 51.8 Å². The summed E-state index contributed by atoms with van der Waals surface area (Å²) in [7, 11) is -3.46. The van der Waals surface area contributed by atoms with Gasteiger partial charge in [-0.15, -0.1) is 6.58 Å². The van der Waals surface area contributed by atoms with Gasteiger partial charge in [0.25, 0.3) is 5.91 Å². The standard InChI is InChI=1S/C26H35N3O4S/c1-7-16-27-34(32,33)17-19-8-14-22(15-9-19)28-25(31)23(18(2)3)29-24(30)20-10-12-21(13-11-20)26(4,5)6/h7-15,18,23,27H,1,16-17H2,2-6H3,(H,28,31)(H,29,30). The third-order valence-corrected chi connectivity index (χ3v) is 6.59. The van der Waals surface area contributed by atoms with Crippen LogP contribution < -0.4 is 15.4 Å². The number of hydrogen-bond donors (Lipinski definition) is 3. The molecule has 34 heavy (non-hydrogen) atoms. The average Bonchev–Trinajstić information content (AvgIpc) is 2.76. The van der Waals surface area contributed by atoms with Crippen LogP contribution in [0, 0.1) is 5.92 Å². The number of hydrogen-bond acceptors (Lipinski definition) is 4. The van der Waals surface area contributed by atoms with E-state index < -0.39 is 16.1 Å². The molecular weight excluding hydrogens is 450 g/mol. The van der Waals surface area contributed by atoms with E-state index in [1.165, 1.54) is 6.08 Å². The zero-order valence-electron chi connectivity index (χ0n) is 20.5. The molecule has 0 radical (unpaired) electrons. The number of rotatable bonds is 10. The fourth-order valence-electron chi connectivity index (χ4n) is 3.24. The van der Waals surface area contributed by atoms with Crippen molar-refractivity contribution in [2.75, 3.05) is 11.9 Å². The molecule has 2 aromatic rings. The minimum absolute atomic E-state index is 0.0167. The van der Waals surface area contributed by atoms with Gasteiger partial charge in [0.05, 0.1) is 5.75 Å². The van der Waals surface area contributed by atoms with Gasteiger partial charge < -0.3 is 10.6 Å². The molecule has 1 atom stereocenters. The van der Waals surface area contributed by atoms with Crippen molar-refractivity contribution in [3.8, 4) is 0 Å². The Morgan fingerprint density at radius 2 is 1.59 bits per heavy atom. The van der Waals surface area contributed by atoms with Crippen LogP contribution in [0.4, 0.5) is 5.69 Å². The summed E-state index contributed by atoms with van der Waals surface area (Å²) in [5, 5.41) is 5.63. The first kappa shape index (κ1) is 27.3. The molecule has 0 saturated heterocycles. The van der Waals surface area contributed by atoms with Crippen molar-refractivity contribution in [1.82, 2.24) is 10.0 Å². The van der Waals surface area contributed by atoms with Crippen LogP contribution in [-0.2, 0) is 26.0 Å². The monoisotopic (exact) mass is 485 g/mol. The summed E-state index contributed by atoms with van der Waals surface area (Å²) in [5.74, 6) is -0.976. The smallest absolute Gasteiger partial charge is 0.251 e. The first-order chi connectivity index (χ1) is 15.8. The van der Waals surface area contributed by atoms with E-state index in [0.717, 1.165) is 5.56 Å². The molecule has 2 amide bonds. The lowest BCUT2D eigenvalue weighted by molar-refractivity contribution is -0.118. The highest BCUT2D eigenvalue weighted by Gasteiger charge is 2.25. The van der Waals surface area contributed by atoms with E-state index in [9.17, 15) is 18.0 Å². The van der Waals surface area contributed by atoms with Gasteiger partial charge in [0.15, 0.2) is 0 Å². The number of carbonyl (C=O) groups excluding carboxylic acids is 2.